The molecule has 1 fully saturated rings. The van der Waals surface area contributed by atoms with Gasteiger partial charge in [0.15, 0.2) is 0 Å². The van der Waals surface area contributed by atoms with Gasteiger partial charge in [0.2, 0.25) is 5.91 Å². The number of likely N-dealkylation sites (N-methyl/N-ethyl adjacent to an activating group) is 1. The SMILES string of the molecule is CN(C)CC(=O)NC[C@H]1[C@H]2C[C@H](CN(Cc3cscn3)C2)c2cccc(=O)n21.O=CO.O=CO. The molecule has 0 aliphatic carbocycles. The third-order valence-electron chi connectivity index (χ3n) is 5.71. The summed E-state index contributed by atoms with van der Waals surface area (Å²) in [6, 6.07) is 5.55. The third kappa shape index (κ3) is 7.47. The molecule has 3 N–H and O–H groups in total. The number of carbonyl (C=O) groups is 3. The molecule has 0 saturated carbocycles. The van der Waals surface area contributed by atoms with Crippen LogP contribution in [-0.4, -0.2) is 88.7 Å². The molecule has 11 nitrogen and oxygen atoms in total. The van der Waals surface area contributed by atoms with Crippen LogP contribution >= 0.6 is 11.3 Å². The van der Waals surface area contributed by atoms with E-state index in [0.29, 0.717) is 24.9 Å². The zero-order valence-corrected chi connectivity index (χ0v) is 20.1. The van der Waals surface area contributed by atoms with Crippen LogP contribution in [-0.2, 0) is 20.9 Å². The number of fused-ring (bicyclic) bond motifs is 4. The zero-order valence-electron chi connectivity index (χ0n) is 19.2. The third-order valence-corrected chi connectivity index (χ3v) is 6.35. The number of piperidine rings is 1. The van der Waals surface area contributed by atoms with Gasteiger partial charge in [-0.25, -0.2) is 4.98 Å². The Kier molecular flexibility index (Phi) is 10.8. The lowest BCUT2D eigenvalue weighted by Crippen LogP contribution is -2.52. The van der Waals surface area contributed by atoms with Crippen molar-refractivity contribution in [3.63, 3.8) is 0 Å². The Hall–Kier alpha value is -3.09. The van der Waals surface area contributed by atoms with Crippen molar-refractivity contribution in [2.75, 3.05) is 40.3 Å². The maximum absolute atomic E-state index is 12.7. The fourth-order valence-corrected chi connectivity index (χ4v) is 5.18. The van der Waals surface area contributed by atoms with Gasteiger partial charge < -0.3 is 25.0 Å². The van der Waals surface area contributed by atoms with Gasteiger partial charge in [-0.05, 0) is 32.5 Å². The lowest BCUT2D eigenvalue weighted by molar-refractivity contribution is -0.123. The van der Waals surface area contributed by atoms with Gasteiger partial charge in [-0.3, -0.25) is 24.1 Å². The van der Waals surface area contributed by atoms with Crippen LogP contribution in [0.4, 0.5) is 0 Å². The van der Waals surface area contributed by atoms with Crippen molar-refractivity contribution in [2.24, 2.45) is 5.92 Å². The minimum absolute atomic E-state index is 0.00667. The molecule has 2 aliphatic rings. The van der Waals surface area contributed by atoms with Crippen LogP contribution in [0.2, 0.25) is 0 Å². The Morgan fingerprint density at radius 1 is 1.26 bits per heavy atom. The standard InChI is InChI=1S/C20H27N5O2S.2CH2O2/c1-23(2)11-19(26)21-7-18-15-6-14(17-4-3-5-20(27)25(17)18)8-24(9-15)10-16-12-28-13-22-16;2*2-1-3/h3-5,12-15,18H,6-11H2,1-2H3,(H,21,26);2*1H,(H,2,3)/t14-,15+,18+;;/m1../s1. The number of nitrogens with zero attached hydrogens (tertiary/aromatic N) is 4. The molecule has 4 rings (SSSR count). The van der Waals surface area contributed by atoms with E-state index in [4.69, 9.17) is 19.8 Å². The molecule has 186 valence electrons. The lowest BCUT2D eigenvalue weighted by atomic mass is 9.78. The van der Waals surface area contributed by atoms with Gasteiger partial charge in [0.05, 0.1) is 23.8 Å². The molecular formula is C22H31N5O6S. The maximum atomic E-state index is 12.7. The molecular weight excluding hydrogens is 462 g/mol. The highest BCUT2D eigenvalue weighted by Gasteiger charge is 2.40. The van der Waals surface area contributed by atoms with E-state index in [0.717, 1.165) is 37.4 Å². The Bertz CT molecular complexity index is 974. The van der Waals surface area contributed by atoms with Crippen molar-refractivity contribution >= 4 is 30.2 Å². The highest BCUT2D eigenvalue weighted by molar-refractivity contribution is 7.07. The number of thiazole rings is 1. The van der Waals surface area contributed by atoms with E-state index < -0.39 is 0 Å². The molecule has 2 aliphatic heterocycles. The Morgan fingerprint density at radius 2 is 1.97 bits per heavy atom. The monoisotopic (exact) mass is 493 g/mol. The molecule has 0 unspecified atom stereocenters. The molecule has 4 heterocycles. The van der Waals surface area contributed by atoms with Crippen LogP contribution in [0.15, 0.2) is 33.9 Å². The number of rotatable bonds is 6. The van der Waals surface area contributed by atoms with E-state index in [9.17, 15) is 9.59 Å². The number of nitrogens with one attached hydrogen (secondary N) is 1. The highest BCUT2D eigenvalue weighted by atomic mass is 32.1. The first-order valence-corrected chi connectivity index (χ1v) is 11.7. The lowest BCUT2D eigenvalue weighted by Gasteiger charge is -2.47. The molecule has 0 radical (unpaired) electrons. The summed E-state index contributed by atoms with van der Waals surface area (Å²) >= 11 is 1.62. The Morgan fingerprint density at radius 3 is 2.59 bits per heavy atom. The zero-order chi connectivity index (χ0) is 25.1. The molecule has 0 aromatic carbocycles. The first-order chi connectivity index (χ1) is 16.3. The Balaban J connectivity index is 0.000000618. The smallest absolute Gasteiger partial charge is 0.290 e. The summed E-state index contributed by atoms with van der Waals surface area (Å²) in [5, 5.41) is 18.9. The minimum atomic E-state index is -0.250. The predicted molar refractivity (Wildman–Crippen MR) is 127 cm³/mol. The first kappa shape index (κ1) is 27.2. The number of amides is 1. The van der Waals surface area contributed by atoms with Crippen molar-refractivity contribution in [1.29, 1.82) is 0 Å². The molecule has 34 heavy (non-hydrogen) atoms. The van der Waals surface area contributed by atoms with Gasteiger partial charge in [0.25, 0.3) is 18.5 Å². The van der Waals surface area contributed by atoms with Crippen LogP contribution in [0.25, 0.3) is 0 Å². The van der Waals surface area contributed by atoms with Gasteiger partial charge in [-0.1, -0.05) is 6.07 Å². The fourth-order valence-electron chi connectivity index (χ4n) is 4.63. The van der Waals surface area contributed by atoms with Crippen molar-refractivity contribution in [3.8, 4) is 0 Å². The number of carboxylic acid groups (broad SMARTS) is 2. The summed E-state index contributed by atoms with van der Waals surface area (Å²) in [6.45, 7) is 3.05. The predicted octanol–water partition coefficient (Wildman–Crippen LogP) is 0.545. The molecule has 0 spiro atoms. The summed E-state index contributed by atoms with van der Waals surface area (Å²) in [5.41, 5.74) is 4.11. The number of hydrogen-bond donors (Lipinski definition) is 3. The van der Waals surface area contributed by atoms with Gasteiger partial charge in [-0.2, -0.15) is 0 Å². The van der Waals surface area contributed by atoms with Crippen molar-refractivity contribution < 1.29 is 24.6 Å². The van der Waals surface area contributed by atoms with Crippen molar-refractivity contribution in [2.45, 2.75) is 24.9 Å². The number of pyridine rings is 1. The van der Waals surface area contributed by atoms with E-state index in [-0.39, 0.29) is 30.5 Å². The van der Waals surface area contributed by atoms with E-state index in [1.165, 1.54) is 0 Å². The average Bonchev–Trinajstić information content (AvgIpc) is 3.28. The summed E-state index contributed by atoms with van der Waals surface area (Å²) in [4.78, 5) is 50.3. The van der Waals surface area contributed by atoms with Crippen LogP contribution in [0.1, 0.15) is 29.8 Å². The van der Waals surface area contributed by atoms with Crippen molar-refractivity contribution in [3.05, 3.63) is 50.8 Å². The van der Waals surface area contributed by atoms with E-state index in [1.54, 1.807) is 17.4 Å². The van der Waals surface area contributed by atoms with Gasteiger partial charge in [0.1, 0.15) is 0 Å². The van der Waals surface area contributed by atoms with Crippen LogP contribution < -0.4 is 10.9 Å². The van der Waals surface area contributed by atoms with Gasteiger partial charge in [0, 0.05) is 49.2 Å². The average molecular weight is 494 g/mol. The van der Waals surface area contributed by atoms with E-state index in [1.807, 2.05) is 35.1 Å². The Labute approximate surface area is 201 Å². The normalized spacial score (nSPS) is 20.6. The van der Waals surface area contributed by atoms with Crippen LogP contribution in [0.5, 0.6) is 0 Å². The molecule has 1 saturated heterocycles. The molecule has 2 aromatic rings. The van der Waals surface area contributed by atoms with E-state index in [2.05, 4.69) is 26.6 Å². The molecule has 3 atom stereocenters. The van der Waals surface area contributed by atoms with Gasteiger partial charge >= 0.3 is 0 Å². The summed E-state index contributed by atoms with van der Waals surface area (Å²) in [6.07, 6.45) is 1.06. The largest absolute Gasteiger partial charge is 0.483 e. The maximum Gasteiger partial charge on any atom is 0.290 e. The molecule has 2 bridgehead atoms. The second kappa shape index (κ2) is 13.6. The van der Waals surface area contributed by atoms with E-state index >= 15 is 0 Å². The second-order valence-corrected chi connectivity index (χ2v) is 9.06. The highest BCUT2D eigenvalue weighted by Crippen LogP contribution is 2.41. The van der Waals surface area contributed by atoms with Crippen molar-refractivity contribution in [1.82, 2.24) is 24.7 Å². The summed E-state index contributed by atoms with van der Waals surface area (Å²) < 4.78 is 1.94. The fraction of sp³-hybridized carbons (Fsp3) is 0.500. The number of aromatic nitrogens is 2. The summed E-state index contributed by atoms with van der Waals surface area (Å²) in [7, 11) is 3.75. The van der Waals surface area contributed by atoms with Crippen LogP contribution in [0.3, 0.4) is 0 Å². The first-order valence-electron chi connectivity index (χ1n) is 10.7. The number of likely N-dealkylation sites (tertiary alicyclic amines) is 1. The molecule has 2 aromatic heterocycles. The molecule has 12 heteroatoms. The summed E-state index contributed by atoms with van der Waals surface area (Å²) in [5.74, 6) is 0.678. The number of carbonyl (C=O) groups excluding carboxylic acids is 1. The van der Waals surface area contributed by atoms with Crippen LogP contribution in [0, 0.1) is 5.92 Å². The number of hydrogen-bond acceptors (Lipinski definition) is 8. The quantitative estimate of drug-likeness (QED) is 0.491. The minimum Gasteiger partial charge on any atom is -0.483 e. The topological polar surface area (TPSA) is 145 Å². The second-order valence-electron chi connectivity index (χ2n) is 8.35. The molecule has 1 amide bonds. The van der Waals surface area contributed by atoms with Gasteiger partial charge in [-0.15, -0.1) is 11.3 Å².